The van der Waals surface area contributed by atoms with Crippen LogP contribution in [0, 0.1) is 0 Å². The second kappa shape index (κ2) is 7.64. The van der Waals surface area contributed by atoms with Crippen molar-refractivity contribution in [3.8, 4) is 16.9 Å². The second-order valence-electron chi connectivity index (χ2n) is 5.56. The van der Waals surface area contributed by atoms with Crippen molar-refractivity contribution in [1.82, 2.24) is 4.90 Å². The lowest BCUT2D eigenvalue weighted by Crippen LogP contribution is -2.36. The second-order valence-corrected chi connectivity index (χ2v) is 5.97. The fraction of sp³-hybridized carbons (Fsp3) is 0.263. The van der Waals surface area contributed by atoms with E-state index in [1.165, 1.54) is 0 Å². The summed E-state index contributed by atoms with van der Waals surface area (Å²) in [5.74, 6) is 0.474. The van der Waals surface area contributed by atoms with Gasteiger partial charge in [-0.2, -0.15) is 0 Å². The van der Waals surface area contributed by atoms with E-state index in [4.69, 9.17) is 21.4 Å². The maximum absolute atomic E-state index is 8.48. The average molecular weight is 331 g/mol. The SMILES string of the molecule is [OH2+]c1c(/C(Cl)=C\CN2CCOCC2)cccc1-c1ccccc1. The highest BCUT2D eigenvalue weighted by atomic mass is 35.5. The molecule has 0 atom stereocenters. The Morgan fingerprint density at radius 3 is 2.57 bits per heavy atom. The van der Waals surface area contributed by atoms with Crippen molar-refractivity contribution < 1.29 is 9.84 Å². The first-order valence-electron chi connectivity index (χ1n) is 7.82. The summed E-state index contributed by atoms with van der Waals surface area (Å²) in [4.78, 5) is 2.30. The molecule has 1 fully saturated rings. The molecule has 1 aliphatic rings. The standard InChI is InChI=1S/C19H20ClNO2/c20-18(9-10-21-11-13-23-14-12-21)17-8-4-7-16(19(17)22)15-5-2-1-3-6-15/h1-9,22H,10-14H2/p+1/b18-9+. The third-order valence-corrected chi connectivity index (χ3v) is 4.40. The molecule has 3 nitrogen and oxygen atoms in total. The minimum atomic E-state index is 0.474. The van der Waals surface area contributed by atoms with Crippen LogP contribution >= 0.6 is 11.6 Å². The van der Waals surface area contributed by atoms with Gasteiger partial charge in [-0.15, -0.1) is 0 Å². The van der Waals surface area contributed by atoms with Gasteiger partial charge in [-0.25, -0.2) is 0 Å². The van der Waals surface area contributed by atoms with Crippen LogP contribution in [-0.4, -0.2) is 42.9 Å². The van der Waals surface area contributed by atoms with E-state index < -0.39 is 0 Å². The van der Waals surface area contributed by atoms with Gasteiger partial charge in [0.25, 0.3) is 5.75 Å². The predicted octanol–water partition coefficient (Wildman–Crippen LogP) is 3.70. The van der Waals surface area contributed by atoms with E-state index in [2.05, 4.69) is 4.90 Å². The van der Waals surface area contributed by atoms with Gasteiger partial charge in [0.2, 0.25) is 0 Å². The van der Waals surface area contributed by atoms with Gasteiger partial charge in [-0.3, -0.25) is 4.90 Å². The molecule has 3 rings (SSSR count). The lowest BCUT2D eigenvalue weighted by atomic mass is 10.0. The molecule has 120 valence electrons. The van der Waals surface area contributed by atoms with E-state index >= 15 is 0 Å². The third-order valence-electron chi connectivity index (χ3n) is 4.04. The van der Waals surface area contributed by atoms with Crippen molar-refractivity contribution in [3.63, 3.8) is 0 Å². The summed E-state index contributed by atoms with van der Waals surface area (Å²) < 4.78 is 5.35. The quantitative estimate of drug-likeness (QED) is 0.801. The Labute approximate surface area is 141 Å². The van der Waals surface area contributed by atoms with E-state index in [9.17, 15) is 0 Å². The fourth-order valence-corrected chi connectivity index (χ4v) is 2.94. The van der Waals surface area contributed by atoms with E-state index in [1.54, 1.807) is 0 Å². The van der Waals surface area contributed by atoms with Gasteiger partial charge in [0.1, 0.15) is 0 Å². The van der Waals surface area contributed by atoms with Gasteiger partial charge >= 0.3 is 0 Å². The Hall–Kier alpha value is -1.81. The molecule has 0 saturated carbocycles. The lowest BCUT2D eigenvalue weighted by molar-refractivity contribution is 0.0435. The minimum Gasteiger partial charge on any atom is -0.592 e. The van der Waals surface area contributed by atoms with Crippen LogP contribution in [0.25, 0.3) is 16.2 Å². The molecule has 23 heavy (non-hydrogen) atoms. The maximum atomic E-state index is 8.48. The molecule has 0 aromatic heterocycles. The molecule has 0 unspecified atom stereocenters. The van der Waals surface area contributed by atoms with Gasteiger partial charge in [0.15, 0.2) is 0 Å². The number of para-hydroxylation sites is 1. The summed E-state index contributed by atoms with van der Waals surface area (Å²) in [5.41, 5.74) is 2.72. The van der Waals surface area contributed by atoms with Crippen molar-refractivity contribution in [3.05, 3.63) is 60.2 Å². The largest absolute Gasteiger partial charge is 0.592 e. The van der Waals surface area contributed by atoms with E-state index in [-0.39, 0.29) is 0 Å². The van der Waals surface area contributed by atoms with Gasteiger partial charge < -0.3 is 9.84 Å². The Balaban J connectivity index is 1.82. The zero-order chi connectivity index (χ0) is 16.1. The molecule has 4 heteroatoms. The maximum Gasteiger partial charge on any atom is 0.270 e. The van der Waals surface area contributed by atoms with Crippen molar-refractivity contribution in [2.24, 2.45) is 0 Å². The number of hydrogen-bond donors (Lipinski definition) is 0. The lowest BCUT2D eigenvalue weighted by Gasteiger charge is -2.25. The van der Waals surface area contributed by atoms with Crippen LogP contribution in [0.4, 0.5) is 0 Å². The number of morpholine rings is 1. The fourth-order valence-electron chi connectivity index (χ4n) is 2.71. The number of halogens is 1. The molecule has 2 N–H and O–H groups in total. The summed E-state index contributed by atoms with van der Waals surface area (Å²) in [7, 11) is 0. The first-order valence-corrected chi connectivity index (χ1v) is 8.19. The van der Waals surface area contributed by atoms with Crippen LogP contribution in [0.5, 0.6) is 5.75 Å². The highest BCUT2D eigenvalue weighted by Crippen LogP contribution is 2.36. The molecule has 0 amide bonds. The van der Waals surface area contributed by atoms with Crippen LogP contribution in [0.2, 0.25) is 0 Å². The third kappa shape index (κ3) is 3.94. The topological polar surface area (TPSA) is 35.4 Å². The Kier molecular flexibility index (Phi) is 5.34. The predicted molar refractivity (Wildman–Crippen MR) is 96.0 cm³/mol. The summed E-state index contributed by atoms with van der Waals surface area (Å²) in [5, 5.41) is 9.12. The number of benzene rings is 2. The van der Waals surface area contributed by atoms with Crippen LogP contribution in [0.15, 0.2) is 54.6 Å². The molecule has 0 radical (unpaired) electrons. The first kappa shape index (κ1) is 16.1. The summed E-state index contributed by atoms with van der Waals surface area (Å²) in [6, 6.07) is 15.8. The van der Waals surface area contributed by atoms with Crippen LogP contribution in [0.3, 0.4) is 0 Å². The molecular weight excluding hydrogens is 310 g/mol. The summed E-state index contributed by atoms with van der Waals surface area (Å²) in [6.07, 6.45) is 2.00. The van der Waals surface area contributed by atoms with Crippen molar-refractivity contribution in [2.45, 2.75) is 0 Å². The zero-order valence-corrected chi connectivity index (χ0v) is 13.7. The molecule has 1 aliphatic heterocycles. The summed E-state index contributed by atoms with van der Waals surface area (Å²) in [6.45, 7) is 4.20. The van der Waals surface area contributed by atoms with Gasteiger partial charge in [-0.1, -0.05) is 54.1 Å². The molecule has 2 aromatic rings. The molecule has 1 heterocycles. The number of nitrogens with zero attached hydrogens (tertiary/aromatic N) is 1. The summed E-state index contributed by atoms with van der Waals surface area (Å²) >= 11 is 6.47. The highest BCUT2D eigenvalue weighted by Gasteiger charge is 2.16. The molecular formula is C19H21ClNO2+. The van der Waals surface area contributed by atoms with Gasteiger partial charge in [0.05, 0.1) is 29.4 Å². The van der Waals surface area contributed by atoms with Crippen LogP contribution in [0.1, 0.15) is 5.56 Å². The minimum absolute atomic E-state index is 0.474. The zero-order valence-electron chi connectivity index (χ0n) is 13.0. The Morgan fingerprint density at radius 1 is 1.09 bits per heavy atom. The van der Waals surface area contributed by atoms with Gasteiger partial charge in [0, 0.05) is 19.6 Å². The van der Waals surface area contributed by atoms with Crippen LogP contribution in [-0.2, 0) is 4.74 Å². The first-order chi connectivity index (χ1) is 11.3. The van der Waals surface area contributed by atoms with Gasteiger partial charge in [-0.05, 0) is 17.7 Å². The monoisotopic (exact) mass is 330 g/mol. The van der Waals surface area contributed by atoms with E-state index in [1.807, 2.05) is 54.6 Å². The van der Waals surface area contributed by atoms with E-state index in [0.717, 1.165) is 49.5 Å². The van der Waals surface area contributed by atoms with Crippen molar-refractivity contribution >= 4 is 16.6 Å². The Bertz CT molecular complexity index is 679. The number of rotatable bonds is 4. The van der Waals surface area contributed by atoms with Crippen LogP contribution < -0.4 is 0 Å². The normalized spacial score (nSPS) is 16.5. The molecule has 0 aliphatic carbocycles. The number of hydrogen-bond acceptors (Lipinski definition) is 2. The van der Waals surface area contributed by atoms with Crippen molar-refractivity contribution in [2.75, 3.05) is 32.8 Å². The van der Waals surface area contributed by atoms with Crippen molar-refractivity contribution in [1.29, 1.82) is 0 Å². The number of ether oxygens (including phenoxy) is 1. The molecule has 0 spiro atoms. The molecule has 1 saturated heterocycles. The average Bonchev–Trinajstić information content (AvgIpc) is 2.61. The molecule has 0 bridgehead atoms. The Morgan fingerprint density at radius 2 is 1.83 bits per heavy atom. The molecule has 2 aromatic carbocycles. The smallest absolute Gasteiger partial charge is 0.270 e. The highest BCUT2D eigenvalue weighted by molar-refractivity contribution is 6.49. The van der Waals surface area contributed by atoms with E-state index in [0.29, 0.717) is 10.8 Å².